The summed E-state index contributed by atoms with van der Waals surface area (Å²) in [6.07, 6.45) is 1.42. The molecule has 0 amide bonds. The number of hydrogen-bond donors (Lipinski definition) is 0. The van der Waals surface area contributed by atoms with E-state index in [0.717, 1.165) is 11.1 Å². The molecule has 0 aliphatic rings. The van der Waals surface area contributed by atoms with E-state index in [1.165, 1.54) is 6.20 Å². The van der Waals surface area contributed by atoms with Crippen LogP contribution in [0, 0.1) is 6.92 Å². The van der Waals surface area contributed by atoms with Gasteiger partial charge in [-0.05, 0) is 24.1 Å². The smallest absolute Gasteiger partial charge is 0.340 e. The number of aromatic nitrogens is 1. The Morgan fingerprint density at radius 3 is 2.72 bits per heavy atom. The number of esters is 1. The normalized spacial score (nSPS) is 10.1. The van der Waals surface area contributed by atoms with Gasteiger partial charge in [0.15, 0.2) is 0 Å². The van der Waals surface area contributed by atoms with Crippen LogP contribution in [0.25, 0.3) is 0 Å². The van der Waals surface area contributed by atoms with Crippen molar-refractivity contribution in [2.45, 2.75) is 13.5 Å². The Bertz CT molecular complexity index is 555. The molecule has 2 aromatic rings. The summed E-state index contributed by atoms with van der Waals surface area (Å²) in [4.78, 5) is 15.7. The van der Waals surface area contributed by atoms with E-state index in [-0.39, 0.29) is 6.61 Å². The molecule has 18 heavy (non-hydrogen) atoms. The average molecular weight is 262 g/mol. The van der Waals surface area contributed by atoms with Crippen LogP contribution in [0.5, 0.6) is 0 Å². The van der Waals surface area contributed by atoms with Gasteiger partial charge in [0, 0.05) is 6.20 Å². The summed E-state index contributed by atoms with van der Waals surface area (Å²) >= 11 is 5.80. The lowest BCUT2D eigenvalue weighted by atomic mass is 10.2. The number of hydrogen-bond acceptors (Lipinski definition) is 3. The van der Waals surface area contributed by atoms with Gasteiger partial charge in [-0.25, -0.2) is 9.78 Å². The quantitative estimate of drug-likeness (QED) is 0.628. The molecule has 0 bridgehead atoms. The van der Waals surface area contributed by atoms with Crippen LogP contribution in [-0.2, 0) is 11.3 Å². The summed E-state index contributed by atoms with van der Waals surface area (Å²) in [5, 5.41) is 0.398. The van der Waals surface area contributed by atoms with Gasteiger partial charge in [0.2, 0.25) is 0 Å². The number of halogens is 1. The van der Waals surface area contributed by atoms with Crippen molar-refractivity contribution in [3.63, 3.8) is 0 Å². The predicted octanol–water partition coefficient (Wildman–Crippen LogP) is 3.40. The molecule has 0 radical (unpaired) electrons. The third-order valence-electron chi connectivity index (χ3n) is 2.46. The fourth-order valence-corrected chi connectivity index (χ4v) is 1.58. The second kappa shape index (κ2) is 5.65. The van der Waals surface area contributed by atoms with Gasteiger partial charge in [0.1, 0.15) is 11.8 Å². The van der Waals surface area contributed by atoms with E-state index in [0.29, 0.717) is 10.7 Å². The zero-order valence-corrected chi connectivity index (χ0v) is 10.6. The Kier molecular flexibility index (Phi) is 3.95. The predicted molar refractivity (Wildman–Crippen MR) is 69.5 cm³/mol. The number of nitrogens with zero attached hydrogens (tertiary/aromatic N) is 1. The average Bonchev–Trinajstić information content (AvgIpc) is 2.40. The molecule has 0 saturated carbocycles. The third-order valence-corrected chi connectivity index (χ3v) is 2.86. The molecule has 0 fully saturated rings. The molecular formula is C14H12ClNO2. The zero-order valence-electron chi connectivity index (χ0n) is 9.89. The highest BCUT2D eigenvalue weighted by molar-refractivity contribution is 6.30. The van der Waals surface area contributed by atoms with E-state index in [1.807, 2.05) is 30.3 Å². The molecule has 92 valence electrons. The third kappa shape index (κ3) is 3.08. The highest BCUT2D eigenvalue weighted by Gasteiger charge is 2.09. The van der Waals surface area contributed by atoms with Crippen molar-refractivity contribution in [1.82, 2.24) is 4.98 Å². The lowest BCUT2D eigenvalue weighted by Gasteiger charge is -2.05. The summed E-state index contributed by atoms with van der Waals surface area (Å²) in [6.45, 7) is 2.05. The Balaban J connectivity index is 2.02. The Hall–Kier alpha value is -1.87. The van der Waals surface area contributed by atoms with Gasteiger partial charge in [-0.3, -0.25) is 0 Å². The van der Waals surface area contributed by atoms with Crippen LogP contribution in [0.4, 0.5) is 0 Å². The van der Waals surface area contributed by atoms with Crippen LogP contribution in [0.15, 0.2) is 42.6 Å². The minimum Gasteiger partial charge on any atom is -0.457 e. The first-order chi connectivity index (χ1) is 8.66. The SMILES string of the molecule is Cc1cc(C(=O)OCc2ccccc2)cnc1Cl. The Morgan fingerprint density at radius 2 is 2.06 bits per heavy atom. The number of benzene rings is 1. The van der Waals surface area contributed by atoms with Gasteiger partial charge < -0.3 is 4.74 Å². The Morgan fingerprint density at radius 1 is 1.33 bits per heavy atom. The Labute approximate surface area is 110 Å². The summed E-state index contributed by atoms with van der Waals surface area (Å²) in [5.41, 5.74) is 2.11. The van der Waals surface area contributed by atoms with Crippen molar-refractivity contribution >= 4 is 17.6 Å². The molecule has 3 nitrogen and oxygen atoms in total. The van der Waals surface area contributed by atoms with Gasteiger partial charge in [0.05, 0.1) is 5.56 Å². The molecule has 0 saturated heterocycles. The van der Waals surface area contributed by atoms with Crippen LogP contribution in [0.3, 0.4) is 0 Å². The van der Waals surface area contributed by atoms with E-state index in [1.54, 1.807) is 13.0 Å². The number of aryl methyl sites for hydroxylation is 1. The van der Waals surface area contributed by atoms with Crippen molar-refractivity contribution in [3.05, 3.63) is 64.4 Å². The molecule has 0 atom stereocenters. The molecule has 0 aliphatic carbocycles. The molecule has 2 rings (SSSR count). The number of pyridine rings is 1. The van der Waals surface area contributed by atoms with E-state index < -0.39 is 5.97 Å². The minimum absolute atomic E-state index is 0.251. The number of rotatable bonds is 3. The molecule has 0 N–H and O–H groups in total. The van der Waals surface area contributed by atoms with Crippen molar-refractivity contribution in [1.29, 1.82) is 0 Å². The minimum atomic E-state index is -0.397. The highest BCUT2D eigenvalue weighted by atomic mass is 35.5. The number of carbonyl (C=O) groups is 1. The van der Waals surface area contributed by atoms with Crippen LogP contribution in [0.2, 0.25) is 5.15 Å². The largest absolute Gasteiger partial charge is 0.457 e. The van der Waals surface area contributed by atoms with E-state index in [4.69, 9.17) is 16.3 Å². The standard InChI is InChI=1S/C14H12ClNO2/c1-10-7-12(8-16-13(10)15)14(17)18-9-11-5-3-2-4-6-11/h2-8H,9H2,1H3. The summed E-state index contributed by atoms with van der Waals surface area (Å²) in [6, 6.07) is 11.2. The number of ether oxygens (including phenoxy) is 1. The second-order valence-corrected chi connectivity index (χ2v) is 4.25. The molecule has 4 heteroatoms. The van der Waals surface area contributed by atoms with E-state index in [2.05, 4.69) is 4.98 Å². The maximum atomic E-state index is 11.8. The lowest BCUT2D eigenvalue weighted by Crippen LogP contribution is -2.06. The van der Waals surface area contributed by atoms with Crippen molar-refractivity contribution in [3.8, 4) is 0 Å². The zero-order chi connectivity index (χ0) is 13.0. The first-order valence-electron chi connectivity index (χ1n) is 5.50. The molecular weight excluding hydrogens is 250 g/mol. The topological polar surface area (TPSA) is 39.2 Å². The van der Waals surface area contributed by atoms with Gasteiger partial charge in [0.25, 0.3) is 0 Å². The molecule has 0 unspecified atom stereocenters. The van der Waals surface area contributed by atoms with Crippen LogP contribution in [-0.4, -0.2) is 11.0 Å². The fraction of sp³-hybridized carbons (Fsp3) is 0.143. The number of carbonyl (C=O) groups excluding carboxylic acids is 1. The lowest BCUT2D eigenvalue weighted by molar-refractivity contribution is 0.0472. The molecule has 1 heterocycles. The molecule has 0 aliphatic heterocycles. The first kappa shape index (κ1) is 12.6. The summed E-state index contributed by atoms with van der Waals surface area (Å²) < 4.78 is 5.19. The summed E-state index contributed by atoms with van der Waals surface area (Å²) in [7, 11) is 0. The highest BCUT2D eigenvalue weighted by Crippen LogP contribution is 2.14. The van der Waals surface area contributed by atoms with Gasteiger partial charge in [-0.15, -0.1) is 0 Å². The van der Waals surface area contributed by atoms with Crippen molar-refractivity contribution in [2.24, 2.45) is 0 Å². The van der Waals surface area contributed by atoms with Gasteiger partial charge >= 0.3 is 5.97 Å². The second-order valence-electron chi connectivity index (χ2n) is 3.89. The maximum absolute atomic E-state index is 11.8. The van der Waals surface area contributed by atoms with Crippen molar-refractivity contribution < 1.29 is 9.53 Å². The summed E-state index contributed by atoms with van der Waals surface area (Å²) in [5.74, 6) is -0.397. The fourth-order valence-electron chi connectivity index (χ4n) is 1.48. The van der Waals surface area contributed by atoms with E-state index in [9.17, 15) is 4.79 Å². The van der Waals surface area contributed by atoms with Crippen LogP contribution in [0.1, 0.15) is 21.5 Å². The molecule has 1 aromatic heterocycles. The first-order valence-corrected chi connectivity index (χ1v) is 5.88. The van der Waals surface area contributed by atoms with Crippen LogP contribution < -0.4 is 0 Å². The van der Waals surface area contributed by atoms with Gasteiger partial charge in [-0.2, -0.15) is 0 Å². The van der Waals surface area contributed by atoms with Gasteiger partial charge in [-0.1, -0.05) is 41.9 Å². The molecule has 1 aromatic carbocycles. The van der Waals surface area contributed by atoms with Crippen LogP contribution >= 0.6 is 11.6 Å². The van der Waals surface area contributed by atoms with Crippen molar-refractivity contribution in [2.75, 3.05) is 0 Å². The molecule has 0 spiro atoms. The monoisotopic (exact) mass is 261 g/mol. The van der Waals surface area contributed by atoms with E-state index >= 15 is 0 Å². The maximum Gasteiger partial charge on any atom is 0.340 e.